The smallest absolute Gasteiger partial charge is 0.336 e. The molecule has 6 nitrogen and oxygen atoms in total. The van der Waals surface area contributed by atoms with Gasteiger partial charge < -0.3 is 5.11 Å². The first kappa shape index (κ1) is 12.0. The molecule has 0 spiro atoms. The summed E-state index contributed by atoms with van der Waals surface area (Å²) in [6.07, 6.45) is 0. The molecular formula is C14H10N4O2. The quantitative estimate of drug-likeness (QED) is 0.758. The minimum atomic E-state index is -1.03. The lowest BCUT2D eigenvalue weighted by atomic mass is 9.99. The second-order valence-electron chi connectivity index (χ2n) is 4.17. The van der Waals surface area contributed by atoms with Gasteiger partial charge in [-0.2, -0.15) is 5.21 Å². The summed E-state index contributed by atoms with van der Waals surface area (Å²) >= 11 is 0. The maximum absolute atomic E-state index is 11.4. The summed E-state index contributed by atoms with van der Waals surface area (Å²) in [5.41, 5.74) is 2.36. The SMILES string of the molecule is O=C(O)c1cc(-c2ccccc2)ccc1-c1nn[nH]n1. The van der Waals surface area contributed by atoms with Gasteiger partial charge in [0.25, 0.3) is 0 Å². The standard InChI is InChI=1S/C14H10N4O2/c19-14(20)12-8-10(9-4-2-1-3-5-9)6-7-11(12)13-15-17-18-16-13/h1-8H,(H,19,20)(H,15,16,17,18). The number of benzene rings is 2. The van der Waals surface area contributed by atoms with E-state index in [2.05, 4.69) is 20.6 Å². The Kier molecular flexibility index (Phi) is 2.96. The summed E-state index contributed by atoms with van der Waals surface area (Å²) in [5.74, 6) is -0.760. The van der Waals surface area contributed by atoms with Crippen molar-refractivity contribution in [3.8, 4) is 22.5 Å². The van der Waals surface area contributed by atoms with Gasteiger partial charge in [0, 0.05) is 5.56 Å². The molecule has 6 heteroatoms. The van der Waals surface area contributed by atoms with Crippen molar-refractivity contribution in [2.24, 2.45) is 0 Å². The van der Waals surface area contributed by atoms with E-state index in [0.29, 0.717) is 5.56 Å². The van der Waals surface area contributed by atoms with Gasteiger partial charge in [-0.05, 0) is 28.5 Å². The molecule has 0 bridgehead atoms. The van der Waals surface area contributed by atoms with Crippen LogP contribution in [0, 0.1) is 0 Å². The van der Waals surface area contributed by atoms with E-state index in [9.17, 15) is 9.90 Å². The second-order valence-corrected chi connectivity index (χ2v) is 4.17. The summed E-state index contributed by atoms with van der Waals surface area (Å²) in [4.78, 5) is 11.4. The predicted molar refractivity (Wildman–Crippen MR) is 72.0 cm³/mol. The van der Waals surface area contributed by atoms with Gasteiger partial charge in [-0.15, -0.1) is 10.2 Å². The number of hydrogen-bond acceptors (Lipinski definition) is 4. The van der Waals surface area contributed by atoms with Crippen LogP contribution in [-0.4, -0.2) is 31.7 Å². The Morgan fingerprint density at radius 1 is 1.05 bits per heavy atom. The zero-order valence-corrected chi connectivity index (χ0v) is 10.3. The lowest BCUT2D eigenvalue weighted by Gasteiger charge is -2.06. The van der Waals surface area contributed by atoms with Crippen LogP contribution in [0.25, 0.3) is 22.5 Å². The van der Waals surface area contributed by atoms with Gasteiger partial charge in [0.15, 0.2) is 0 Å². The Balaban J connectivity index is 2.14. The maximum Gasteiger partial charge on any atom is 0.336 e. The van der Waals surface area contributed by atoms with E-state index < -0.39 is 5.97 Å². The molecule has 0 radical (unpaired) electrons. The summed E-state index contributed by atoms with van der Waals surface area (Å²) < 4.78 is 0. The van der Waals surface area contributed by atoms with Crippen LogP contribution in [0.5, 0.6) is 0 Å². The van der Waals surface area contributed by atoms with Crippen molar-refractivity contribution in [3.05, 3.63) is 54.1 Å². The highest BCUT2D eigenvalue weighted by atomic mass is 16.4. The topological polar surface area (TPSA) is 91.8 Å². The molecule has 0 atom stereocenters. The van der Waals surface area contributed by atoms with Crippen molar-refractivity contribution in [2.75, 3.05) is 0 Å². The van der Waals surface area contributed by atoms with Gasteiger partial charge >= 0.3 is 5.97 Å². The molecule has 2 aromatic carbocycles. The molecule has 1 heterocycles. The number of carboxylic acid groups (broad SMARTS) is 1. The van der Waals surface area contributed by atoms with E-state index in [1.54, 1.807) is 12.1 Å². The van der Waals surface area contributed by atoms with Crippen LogP contribution in [0.15, 0.2) is 48.5 Å². The van der Waals surface area contributed by atoms with Crippen LogP contribution in [0.4, 0.5) is 0 Å². The van der Waals surface area contributed by atoms with Crippen LogP contribution in [0.1, 0.15) is 10.4 Å². The van der Waals surface area contributed by atoms with Crippen molar-refractivity contribution < 1.29 is 9.90 Å². The summed E-state index contributed by atoms with van der Waals surface area (Å²) in [7, 11) is 0. The van der Waals surface area contributed by atoms with Crippen LogP contribution >= 0.6 is 0 Å². The van der Waals surface area contributed by atoms with Gasteiger partial charge in [-0.25, -0.2) is 4.79 Å². The van der Waals surface area contributed by atoms with Crippen molar-refractivity contribution in [1.82, 2.24) is 20.6 Å². The number of nitrogens with one attached hydrogen (secondary N) is 1. The van der Waals surface area contributed by atoms with Gasteiger partial charge in [-0.3, -0.25) is 0 Å². The Morgan fingerprint density at radius 3 is 2.50 bits per heavy atom. The fraction of sp³-hybridized carbons (Fsp3) is 0. The molecular weight excluding hydrogens is 256 g/mol. The van der Waals surface area contributed by atoms with Crippen LogP contribution < -0.4 is 0 Å². The molecule has 98 valence electrons. The van der Waals surface area contributed by atoms with Crippen LogP contribution in [0.3, 0.4) is 0 Å². The molecule has 0 unspecified atom stereocenters. The summed E-state index contributed by atoms with van der Waals surface area (Å²) in [5, 5.41) is 22.8. The fourth-order valence-electron chi connectivity index (χ4n) is 2.00. The van der Waals surface area contributed by atoms with Gasteiger partial charge in [-0.1, -0.05) is 36.4 Å². The first-order valence-corrected chi connectivity index (χ1v) is 5.92. The fourth-order valence-corrected chi connectivity index (χ4v) is 2.00. The average molecular weight is 266 g/mol. The number of carboxylic acids is 1. The highest BCUT2D eigenvalue weighted by molar-refractivity contribution is 5.96. The zero-order valence-electron chi connectivity index (χ0n) is 10.3. The van der Waals surface area contributed by atoms with Gasteiger partial charge in [0.2, 0.25) is 5.82 Å². The molecule has 0 aliphatic rings. The molecule has 2 N–H and O–H groups in total. The first-order chi connectivity index (χ1) is 9.75. The molecule has 3 rings (SSSR count). The number of aromatic amines is 1. The van der Waals surface area contributed by atoms with Crippen molar-refractivity contribution in [2.45, 2.75) is 0 Å². The molecule has 0 saturated heterocycles. The Labute approximate surface area is 114 Å². The van der Waals surface area contributed by atoms with Gasteiger partial charge in [0.05, 0.1) is 5.56 Å². The third-order valence-electron chi connectivity index (χ3n) is 2.94. The molecule has 0 saturated carbocycles. The number of carbonyl (C=O) groups is 1. The third kappa shape index (κ3) is 2.14. The summed E-state index contributed by atoms with van der Waals surface area (Å²) in [6, 6.07) is 14.7. The molecule has 0 amide bonds. The van der Waals surface area contributed by atoms with E-state index in [1.807, 2.05) is 36.4 Å². The second kappa shape index (κ2) is 4.93. The zero-order chi connectivity index (χ0) is 13.9. The van der Waals surface area contributed by atoms with Gasteiger partial charge in [0.1, 0.15) is 0 Å². The normalized spacial score (nSPS) is 10.4. The maximum atomic E-state index is 11.4. The highest BCUT2D eigenvalue weighted by Gasteiger charge is 2.16. The average Bonchev–Trinajstić information content (AvgIpc) is 3.01. The predicted octanol–water partition coefficient (Wildman–Crippen LogP) is 2.23. The van der Waals surface area contributed by atoms with Crippen molar-refractivity contribution in [3.63, 3.8) is 0 Å². The lowest BCUT2D eigenvalue weighted by molar-refractivity contribution is 0.0697. The Hall–Kier alpha value is -3.02. The minimum absolute atomic E-state index is 0.146. The largest absolute Gasteiger partial charge is 0.478 e. The third-order valence-corrected chi connectivity index (χ3v) is 2.94. The number of aromatic nitrogens is 4. The van der Waals surface area contributed by atoms with E-state index in [0.717, 1.165) is 11.1 Å². The van der Waals surface area contributed by atoms with E-state index in [-0.39, 0.29) is 11.4 Å². The number of hydrogen-bond donors (Lipinski definition) is 2. The summed E-state index contributed by atoms with van der Waals surface area (Å²) in [6.45, 7) is 0. The minimum Gasteiger partial charge on any atom is -0.478 e. The number of tetrazole rings is 1. The Bertz CT molecular complexity index is 739. The molecule has 3 aromatic rings. The van der Waals surface area contributed by atoms with Crippen molar-refractivity contribution >= 4 is 5.97 Å². The molecule has 0 aliphatic heterocycles. The van der Waals surface area contributed by atoms with E-state index in [1.165, 1.54) is 0 Å². The molecule has 0 aliphatic carbocycles. The molecule has 1 aromatic heterocycles. The number of rotatable bonds is 3. The first-order valence-electron chi connectivity index (χ1n) is 5.92. The van der Waals surface area contributed by atoms with E-state index >= 15 is 0 Å². The van der Waals surface area contributed by atoms with Crippen molar-refractivity contribution in [1.29, 1.82) is 0 Å². The molecule has 20 heavy (non-hydrogen) atoms. The monoisotopic (exact) mass is 266 g/mol. The lowest BCUT2D eigenvalue weighted by Crippen LogP contribution is -2.01. The number of nitrogens with zero attached hydrogens (tertiary/aromatic N) is 3. The molecule has 0 fully saturated rings. The van der Waals surface area contributed by atoms with Crippen LogP contribution in [0.2, 0.25) is 0 Å². The number of aromatic carboxylic acids is 1. The Morgan fingerprint density at radius 2 is 1.85 bits per heavy atom. The van der Waals surface area contributed by atoms with E-state index in [4.69, 9.17) is 0 Å². The highest BCUT2D eigenvalue weighted by Crippen LogP contribution is 2.26. The van der Waals surface area contributed by atoms with Crippen LogP contribution in [-0.2, 0) is 0 Å². The number of H-pyrrole nitrogens is 1.